The summed E-state index contributed by atoms with van der Waals surface area (Å²) in [5, 5.41) is 0. The van der Waals surface area contributed by atoms with Gasteiger partial charge in [0.2, 0.25) is 0 Å². The van der Waals surface area contributed by atoms with E-state index < -0.39 is 28.8 Å². The Morgan fingerprint density at radius 1 is 1.18 bits per heavy atom. The summed E-state index contributed by atoms with van der Waals surface area (Å²) in [6, 6.07) is 1.67. The molecule has 0 unspecified atom stereocenters. The maximum absolute atomic E-state index is 13.4. The summed E-state index contributed by atoms with van der Waals surface area (Å²) in [4.78, 5) is 11.8. The molecule has 1 heterocycles. The predicted molar refractivity (Wildman–Crippen MR) is 53.9 cm³/mol. The van der Waals surface area contributed by atoms with Crippen LogP contribution in [-0.4, -0.2) is 12.4 Å². The monoisotopic (exact) mass is 242 g/mol. The second kappa shape index (κ2) is 4.61. The highest BCUT2D eigenvalue weighted by Gasteiger charge is 2.22. The Balaban J connectivity index is 2.37. The van der Waals surface area contributed by atoms with Crippen molar-refractivity contribution >= 4 is 5.78 Å². The minimum absolute atomic E-state index is 0.265. The van der Waals surface area contributed by atoms with Gasteiger partial charge in [-0.05, 0) is 25.0 Å². The zero-order chi connectivity index (χ0) is 12.4. The van der Waals surface area contributed by atoms with Crippen molar-refractivity contribution < 1.29 is 22.7 Å². The summed E-state index contributed by atoms with van der Waals surface area (Å²) in [6.07, 6.45) is 2.33. The van der Waals surface area contributed by atoms with Crippen molar-refractivity contribution in [1.82, 2.24) is 0 Å². The first kappa shape index (κ1) is 11.7. The molecule has 0 bridgehead atoms. The third kappa shape index (κ3) is 2.18. The van der Waals surface area contributed by atoms with Gasteiger partial charge in [0.15, 0.2) is 23.2 Å². The van der Waals surface area contributed by atoms with E-state index in [1.54, 1.807) is 0 Å². The fourth-order valence-electron chi connectivity index (χ4n) is 1.61. The number of rotatable bonds is 2. The summed E-state index contributed by atoms with van der Waals surface area (Å²) >= 11 is 0. The van der Waals surface area contributed by atoms with E-state index in [4.69, 9.17) is 4.74 Å². The second-order valence-corrected chi connectivity index (χ2v) is 3.67. The van der Waals surface area contributed by atoms with Crippen molar-refractivity contribution in [3.63, 3.8) is 0 Å². The zero-order valence-corrected chi connectivity index (χ0v) is 8.80. The van der Waals surface area contributed by atoms with Crippen LogP contribution in [0.4, 0.5) is 13.2 Å². The molecule has 0 saturated carbocycles. The Morgan fingerprint density at radius 3 is 2.59 bits per heavy atom. The molecule has 2 nitrogen and oxygen atoms in total. The van der Waals surface area contributed by atoms with Crippen LogP contribution >= 0.6 is 0 Å². The van der Waals surface area contributed by atoms with E-state index >= 15 is 0 Å². The molecule has 1 aromatic rings. The molecule has 90 valence electrons. The molecule has 0 spiro atoms. The van der Waals surface area contributed by atoms with Crippen LogP contribution in [0.1, 0.15) is 23.2 Å². The maximum Gasteiger partial charge on any atom is 0.195 e. The Bertz CT molecular complexity index is 495. The molecule has 0 radical (unpaired) electrons. The lowest BCUT2D eigenvalue weighted by molar-refractivity contribution is 0.100. The van der Waals surface area contributed by atoms with Crippen molar-refractivity contribution in [2.24, 2.45) is 0 Å². The SMILES string of the molecule is O=C(C1=COCCC1)c1ccc(F)c(F)c1F. The fraction of sp³-hybridized carbons (Fsp3) is 0.250. The van der Waals surface area contributed by atoms with Gasteiger partial charge in [-0.15, -0.1) is 0 Å². The smallest absolute Gasteiger partial charge is 0.195 e. The average Bonchev–Trinajstić information content (AvgIpc) is 2.36. The molecule has 0 fully saturated rings. The van der Waals surface area contributed by atoms with Crippen molar-refractivity contribution in [3.05, 3.63) is 47.0 Å². The third-order valence-corrected chi connectivity index (χ3v) is 2.51. The Hall–Kier alpha value is -1.78. The van der Waals surface area contributed by atoms with Gasteiger partial charge in [-0.25, -0.2) is 13.2 Å². The van der Waals surface area contributed by atoms with E-state index in [1.165, 1.54) is 6.26 Å². The molecule has 17 heavy (non-hydrogen) atoms. The zero-order valence-electron chi connectivity index (χ0n) is 8.80. The molecule has 0 atom stereocenters. The molecule has 2 rings (SSSR count). The molecular formula is C12H9F3O2. The second-order valence-electron chi connectivity index (χ2n) is 3.67. The van der Waals surface area contributed by atoms with Gasteiger partial charge in [0.25, 0.3) is 0 Å². The van der Waals surface area contributed by atoms with E-state index in [0.29, 0.717) is 19.4 Å². The number of ether oxygens (including phenoxy) is 1. The van der Waals surface area contributed by atoms with E-state index in [-0.39, 0.29) is 5.57 Å². The number of carbonyl (C=O) groups is 1. The van der Waals surface area contributed by atoms with Crippen LogP contribution in [0.5, 0.6) is 0 Å². The van der Waals surface area contributed by atoms with E-state index in [0.717, 1.165) is 12.1 Å². The van der Waals surface area contributed by atoms with E-state index in [9.17, 15) is 18.0 Å². The Morgan fingerprint density at radius 2 is 1.94 bits per heavy atom. The molecule has 5 heteroatoms. The van der Waals surface area contributed by atoms with Crippen LogP contribution in [0.25, 0.3) is 0 Å². The van der Waals surface area contributed by atoms with Gasteiger partial charge >= 0.3 is 0 Å². The number of halogens is 3. The summed E-state index contributed by atoms with van der Waals surface area (Å²) in [5.74, 6) is -5.07. The van der Waals surface area contributed by atoms with Gasteiger partial charge in [-0.1, -0.05) is 0 Å². The first-order chi connectivity index (χ1) is 8.11. The highest BCUT2D eigenvalue weighted by Crippen LogP contribution is 2.22. The number of ketones is 1. The van der Waals surface area contributed by atoms with Crippen LogP contribution in [-0.2, 0) is 4.74 Å². The highest BCUT2D eigenvalue weighted by molar-refractivity contribution is 6.08. The fourth-order valence-corrected chi connectivity index (χ4v) is 1.61. The Labute approximate surface area is 95.7 Å². The molecule has 1 aliphatic rings. The number of carbonyl (C=O) groups excluding carboxylic acids is 1. The molecule has 0 N–H and O–H groups in total. The number of Topliss-reactive ketones (excluding diaryl/α,β-unsaturated/α-hetero) is 1. The normalized spacial score (nSPS) is 15.1. The maximum atomic E-state index is 13.4. The average molecular weight is 242 g/mol. The van der Waals surface area contributed by atoms with Crippen molar-refractivity contribution in [3.8, 4) is 0 Å². The molecule has 0 aliphatic carbocycles. The lowest BCUT2D eigenvalue weighted by Gasteiger charge is -2.13. The van der Waals surface area contributed by atoms with Crippen LogP contribution in [0.15, 0.2) is 24.0 Å². The first-order valence-corrected chi connectivity index (χ1v) is 5.10. The lowest BCUT2D eigenvalue weighted by Crippen LogP contribution is -2.12. The number of hydrogen-bond acceptors (Lipinski definition) is 2. The van der Waals surface area contributed by atoms with Crippen LogP contribution < -0.4 is 0 Å². The third-order valence-electron chi connectivity index (χ3n) is 2.51. The molecule has 0 amide bonds. The molecule has 0 saturated heterocycles. The summed E-state index contributed by atoms with van der Waals surface area (Å²) in [5.41, 5.74) is -0.207. The first-order valence-electron chi connectivity index (χ1n) is 5.10. The summed E-state index contributed by atoms with van der Waals surface area (Å²) in [6.45, 7) is 0.497. The van der Waals surface area contributed by atoms with Gasteiger partial charge in [0, 0.05) is 5.57 Å². The van der Waals surface area contributed by atoms with Crippen molar-refractivity contribution in [2.45, 2.75) is 12.8 Å². The van der Waals surface area contributed by atoms with Gasteiger partial charge < -0.3 is 4.74 Å². The highest BCUT2D eigenvalue weighted by atomic mass is 19.2. The van der Waals surface area contributed by atoms with E-state index in [2.05, 4.69) is 0 Å². The summed E-state index contributed by atoms with van der Waals surface area (Å²) in [7, 11) is 0. The van der Waals surface area contributed by atoms with Gasteiger partial charge in [0.05, 0.1) is 18.4 Å². The summed E-state index contributed by atoms with van der Waals surface area (Å²) < 4.78 is 44.0. The molecule has 1 aromatic carbocycles. The Kier molecular flexibility index (Phi) is 3.17. The van der Waals surface area contributed by atoms with Crippen LogP contribution in [0, 0.1) is 17.5 Å². The minimum Gasteiger partial charge on any atom is -0.501 e. The van der Waals surface area contributed by atoms with Crippen LogP contribution in [0.3, 0.4) is 0 Å². The molecule has 1 aliphatic heterocycles. The lowest BCUT2D eigenvalue weighted by atomic mass is 9.99. The van der Waals surface area contributed by atoms with Crippen molar-refractivity contribution in [1.29, 1.82) is 0 Å². The van der Waals surface area contributed by atoms with Gasteiger partial charge in [-0.2, -0.15) is 0 Å². The van der Waals surface area contributed by atoms with Crippen molar-refractivity contribution in [2.75, 3.05) is 6.61 Å². The predicted octanol–water partition coefficient (Wildman–Crippen LogP) is 2.98. The number of allylic oxidation sites excluding steroid dienone is 1. The minimum atomic E-state index is -1.63. The van der Waals surface area contributed by atoms with E-state index in [1.807, 2.05) is 0 Å². The van der Waals surface area contributed by atoms with Crippen LogP contribution in [0.2, 0.25) is 0 Å². The number of benzene rings is 1. The standard InChI is InChI=1S/C12H9F3O2/c13-9-4-3-8(10(14)11(9)15)12(16)7-2-1-5-17-6-7/h3-4,6H,1-2,5H2. The molecule has 0 aromatic heterocycles. The topological polar surface area (TPSA) is 26.3 Å². The van der Waals surface area contributed by atoms with Gasteiger partial charge in [0.1, 0.15) is 0 Å². The molecular weight excluding hydrogens is 233 g/mol. The van der Waals surface area contributed by atoms with Gasteiger partial charge in [-0.3, -0.25) is 4.79 Å². The largest absolute Gasteiger partial charge is 0.501 e. The quantitative estimate of drug-likeness (QED) is 0.588. The number of hydrogen-bond donors (Lipinski definition) is 0.